The highest BCUT2D eigenvalue weighted by Crippen LogP contribution is 2.17. The summed E-state index contributed by atoms with van der Waals surface area (Å²) < 4.78 is 4.80. The number of ether oxygens (including phenoxy) is 1. The molecule has 1 N–H and O–H groups in total. The van der Waals surface area contributed by atoms with Gasteiger partial charge < -0.3 is 10.1 Å². The monoisotopic (exact) mass is 317 g/mol. The molecule has 1 atom stereocenters. The summed E-state index contributed by atoms with van der Waals surface area (Å²) in [6.07, 6.45) is 4.54. The number of benzene rings is 1. The average Bonchev–Trinajstić information content (AvgIpc) is 2.48. The van der Waals surface area contributed by atoms with Crippen LogP contribution in [0.2, 0.25) is 0 Å². The first-order valence-corrected chi connectivity index (χ1v) is 7.90. The summed E-state index contributed by atoms with van der Waals surface area (Å²) in [5.41, 5.74) is 3.52. The molecule has 126 valence electrons. The van der Waals surface area contributed by atoms with Crippen molar-refractivity contribution >= 4 is 18.0 Å². The molecule has 0 saturated heterocycles. The number of esters is 1. The molecule has 0 aliphatic heterocycles. The number of rotatable bonds is 6. The first-order chi connectivity index (χ1) is 10.7. The molecule has 1 aromatic rings. The number of hydrogen-bond donors (Lipinski definition) is 1. The van der Waals surface area contributed by atoms with Crippen LogP contribution in [-0.2, 0) is 14.3 Å². The SMILES string of the molecule is CCCC(C)(NC(=O)/C=C/c1cc(C)c(C)cc1C)C(=O)OC. The van der Waals surface area contributed by atoms with Crippen LogP contribution < -0.4 is 5.32 Å². The Hall–Kier alpha value is -2.10. The molecule has 0 aromatic heterocycles. The van der Waals surface area contributed by atoms with Gasteiger partial charge >= 0.3 is 5.97 Å². The molecule has 0 fully saturated rings. The molecule has 4 nitrogen and oxygen atoms in total. The predicted molar refractivity (Wildman–Crippen MR) is 93.2 cm³/mol. The fourth-order valence-corrected chi connectivity index (χ4v) is 2.58. The Kier molecular flexibility index (Phi) is 6.55. The summed E-state index contributed by atoms with van der Waals surface area (Å²) in [5, 5.41) is 2.76. The van der Waals surface area contributed by atoms with Gasteiger partial charge in [-0.15, -0.1) is 0 Å². The number of carbonyl (C=O) groups is 2. The van der Waals surface area contributed by atoms with Crippen LogP contribution in [0, 0.1) is 20.8 Å². The molecule has 1 aromatic carbocycles. The molecule has 0 radical (unpaired) electrons. The van der Waals surface area contributed by atoms with Crippen LogP contribution in [0.1, 0.15) is 48.9 Å². The largest absolute Gasteiger partial charge is 0.467 e. The molecule has 23 heavy (non-hydrogen) atoms. The summed E-state index contributed by atoms with van der Waals surface area (Å²) in [5.74, 6) is -0.729. The lowest BCUT2D eigenvalue weighted by Gasteiger charge is -2.26. The van der Waals surface area contributed by atoms with Crippen LogP contribution in [0.3, 0.4) is 0 Å². The third kappa shape index (κ3) is 4.95. The van der Waals surface area contributed by atoms with Crippen molar-refractivity contribution in [2.45, 2.75) is 53.0 Å². The van der Waals surface area contributed by atoms with E-state index in [0.29, 0.717) is 6.42 Å². The van der Waals surface area contributed by atoms with Crippen molar-refractivity contribution < 1.29 is 14.3 Å². The van der Waals surface area contributed by atoms with E-state index in [1.807, 2.05) is 20.8 Å². The van der Waals surface area contributed by atoms with Crippen LogP contribution in [0.15, 0.2) is 18.2 Å². The summed E-state index contributed by atoms with van der Waals surface area (Å²) in [7, 11) is 1.33. The quantitative estimate of drug-likeness (QED) is 0.645. The van der Waals surface area contributed by atoms with Gasteiger partial charge in [0.1, 0.15) is 5.54 Å². The minimum absolute atomic E-state index is 0.302. The first kappa shape index (κ1) is 18.9. The summed E-state index contributed by atoms with van der Waals surface area (Å²) in [6, 6.07) is 4.16. The zero-order chi connectivity index (χ0) is 17.6. The van der Waals surface area contributed by atoms with Crippen LogP contribution in [-0.4, -0.2) is 24.5 Å². The first-order valence-electron chi connectivity index (χ1n) is 7.90. The Morgan fingerprint density at radius 3 is 2.35 bits per heavy atom. The van der Waals surface area contributed by atoms with E-state index in [2.05, 4.69) is 24.4 Å². The van der Waals surface area contributed by atoms with Gasteiger partial charge in [0.2, 0.25) is 5.91 Å². The molecule has 0 spiro atoms. The summed E-state index contributed by atoms with van der Waals surface area (Å²) >= 11 is 0. The minimum Gasteiger partial charge on any atom is -0.467 e. The van der Waals surface area contributed by atoms with Crippen molar-refractivity contribution in [1.29, 1.82) is 0 Å². The van der Waals surface area contributed by atoms with Gasteiger partial charge in [-0.05, 0) is 62.4 Å². The van der Waals surface area contributed by atoms with Gasteiger partial charge in [-0.3, -0.25) is 4.79 Å². The molecule has 1 unspecified atom stereocenters. The zero-order valence-electron chi connectivity index (χ0n) is 14.9. The van der Waals surface area contributed by atoms with Crippen molar-refractivity contribution in [3.05, 3.63) is 40.5 Å². The third-order valence-electron chi connectivity index (χ3n) is 4.08. The maximum Gasteiger partial charge on any atom is 0.331 e. The maximum atomic E-state index is 12.2. The molecule has 0 bridgehead atoms. The lowest BCUT2D eigenvalue weighted by atomic mass is 9.96. The van der Waals surface area contributed by atoms with E-state index >= 15 is 0 Å². The summed E-state index contributed by atoms with van der Waals surface area (Å²) in [4.78, 5) is 24.1. The van der Waals surface area contributed by atoms with E-state index in [1.54, 1.807) is 13.0 Å². The van der Waals surface area contributed by atoms with Crippen LogP contribution >= 0.6 is 0 Å². The number of aryl methyl sites for hydroxylation is 3. The number of carbonyl (C=O) groups excluding carboxylic acids is 2. The second kappa shape index (κ2) is 7.95. The van der Waals surface area contributed by atoms with Gasteiger partial charge in [0.15, 0.2) is 0 Å². The molecular formula is C19H27NO3. The van der Waals surface area contributed by atoms with Gasteiger partial charge in [-0.25, -0.2) is 4.79 Å². The Labute approximate surface area is 138 Å². The molecule has 0 saturated carbocycles. The Balaban J connectivity index is 2.90. The second-order valence-corrected chi connectivity index (χ2v) is 6.19. The van der Waals surface area contributed by atoms with Crippen molar-refractivity contribution in [1.82, 2.24) is 5.32 Å². The molecule has 1 rings (SSSR count). The smallest absolute Gasteiger partial charge is 0.331 e. The standard InChI is InChI=1S/C19H27NO3/c1-7-10-19(5,18(22)23-6)20-17(21)9-8-16-12-14(3)13(2)11-15(16)4/h8-9,11-12H,7,10H2,1-6H3,(H,20,21)/b9-8+. The second-order valence-electron chi connectivity index (χ2n) is 6.19. The average molecular weight is 317 g/mol. The van der Waals surface area contributed by atoms with Crippen molar-refractivity contribution in [2.75, 3.05) is 7.11 Å². The van der Waals surface area contributed by atoms with E-state index < -0.39 is 11.5 Å². The Bertz CT molecular complexity index is 619. The molecule has 1 amide bonds. The van der Waals surface area contributed by atoms with Crippen molar-refractivity contribution in [2.24, 2.45) is 0 Å². The van der Waals surface area contributed by atoms with Crippen LogP contribution in [0.25, 0.3) is 6.08 Å². The van der Waals surface area contributed by atoms with Crippen molar-refractivity contribution in [3.8, 4) is 0 Å². The predicted octanol–water partition coefficient (Wildman–Crippen LogP) is 3.47. The van der Waals surface area contributed by atoms with Gasteiger partial charge in [0.25, 0.3) is 0 Å². The van der Waals surface area contributed by atoms with E-state index in [9.17, 15) is 9.59 Å². The highest BCUT2D eigenvalue weighted by atomic mass is 16.5. The third-order valence-corrected chi connectivity index (χ3v) is 4.08. The van der Waals surface area contributed by atoms with Crippen LogP contribution in [0.4, 0.5) is 0 Å². The number of hydrogen-bond acceptors (Lipinski definition) is 3. The Morgan fingerprint density at radius 2 is 1.78 bits per heavy atom. The number of methoxy groups -OCH3 is 1. The van der Waals surface area contributed by atoms with E-state index in [4.69, 9.17) is 4.74 Å². The fraction of sp³-hybridized carbons (Fsp3) is 0.474. The van der Waals surface area contributed by atoms with Gasteiger partial charge in [-0.1, -0.05) is 25.5 Å². The van der Waals surface area contributed by atoms with E-state index in [-0.39, 0.29) is 5.91 Å². The minimum atomic E-state index is -0.997. The van der Waals surface area contributed by atoms with Gasteiger partial charge in [0.05, 0.1) is 7.11 Å². The lowest BCUT2D eigenvalue weighted by molar-refractivity contribution is -0.150. The van der Waals surface area contributed by atoms with E-state index in [0.717, 1.165) is 17.5 Å². The highest BCUT2D eigenvalue weighted by Gasteiger charge is 2.34. The molecule has 0 heterocycles. The Morgan fingerprint density at radius 1 is 1.17 bits per heavy atom. The van der Waals surface area contributed by atoms with Gasteiger partial charge in [-0.2, -0.15) is 0 Å². The normalized spacial score (nSPS) is 13.7. The van der Waals surface area contributed by atoms with Gasteiger partial charge in [0, 0.05) is 6.08 Å². The number of nitrogens with one attached hydrogen (secondary N) is 1. The zero-order valence-corrected chi connectivity index (χ0v) is 14.9. The number of amides is 1. The molecule has 4 heteroatoms. The highest BCUT2D eigenvalue weighted by molar-refractivity contribution is 5.96. The molecule has 0 aliphatic carbocycles. The van der Waals surface area contributed by atoms with Crippen molar-refractivity contribution in [3.63, 3.8) is 0 Å². The summed E-state index contributed by atoms with van der Waals surface area (Å²) in [6.45, 7) is 9.77. The topological polar surface area (TPSA) is 55.4 Å². The molecule has 0 aliphatic rings. The fourth-order valence-electron chi connectivity index (χ4n) is 2.58. The van der Waals surface area contributed by atoms with E-state index in [1.165, 1.54) is 24.3 Å². The maximum absolute atomic E-state index is 12.2. The lowest BCUT2D eigenvalue weighted by Crippen LogP contribution is -2.52. The van der Waals surface area contributed by atoms with Crippen LogP contribution in [0.5, 0.6) is 0 Å². The molecular weight excluding hydrogens is 290 g/mol.